The minimum atomic E-state index is -0.922. The molecule has 0 bridgehead atoms. The molecule has 2 aromatic rings. The summed E-state index contributed by atoms with van der Waals surface area (Å²) in [6, 6.07) is 14.1. The lowest BCUT2D eigenvalue weighted by Gasteiger charge is -2.39. The zero-order chi connectivity index (χ0) is 28.7. The number of carbonyl (C=O) groups is 3. The minimum absolute atomic E-state index is 0.0174. The first-order chi connectivity index (χ1) is 18.5. The summed E-state index contributed by atoms with van der Waals surface area (Å²) >= 11 is 0. The Balaban J connectivity index is 1.85. The number of likely N-dealkylation sites (N-methyl/N-ethyl adjacent to an activating group) is 1. The molecule has 0 spiro atoms. The monoisotopic (exact) mass is 536 g/mol. The molecule has 39 heavy (non-hydrogen) atoms. The average molecular weight is 537 g/mol. The number of benzene rings is 2. The Hall–Kier alpha value is -4.08. The fourth-order valence-corrected chi connectivity index (χ4v) is 4.94. The molecule has 3 atom stereocenters. The zero-order valence-corrected chi connectivity index (χ0v) is 23.1. The number of rotatable bonds is 11. The predicted molar refractivity (Wildman–Crippen MR) is 147 cm³/mol. The Morgan fingerprint density at radius 2 is 1.85 bits per heavy atom. The van der Waals surface area contributed by atoms with Gasteiger partial charge in [0.25, 0.3) is 5.69 Å². The molecule has 10 nitrogen and oxygen atoms in total. The van der Waals surface area contributed by atoms with Crippen LogP contribution in [0.1, 0.15) is 63.6 Å². The Bertz CT molecular complexity index is 1230. The number of non-ortho nitro benzene ring substituents is 1. The second kappa shape index (κ2) is 13.1. The van der Waals surface area contributed by atoms with Crippen LogP contribution in [-0.2, 0) is 14.3 Å². The summed E-state index contributed by atoms with van der Waals surface area (Å²) in [5.41, 5.74) is 1.54. The van der Waals surface area contributed by atoms with E-state index in [4.69, 9.17) is 4.74 Å². The second-order valence-corrected chi connectivity index (χ2v) is 9.97. The van der Waals surface area contributed by atoms with E-state index in [1.165, 1.54) is 23.1 Å². The highest BCUT2D eigenvalue weighted by molar-refractivity contribution is 6.08. The van der Waals surface area contributed by atoms with Gasteiger partial charge in [-0.25, -0.2) is 9.79 Å². The van der Waals surface area contributed by atoms with Gasteiger partial charge in [0.15, 0.2) is 0 Å². The molecule has 1 aliphatic rings. The molecule has 208 valence electrons. The van der Waals surface area contributed by atoms with Crippen molar-refractivity contribution in [2.24, 2.45) is 10.9 Å². The third-order valence-corrected chi connectivity index (χ3v) is 6.82. The van der Waals surface area contributed by atoms with Crippen LogP contribution >= 0.6 is 0 Å². The van der Waals surface area contributed by atoms with Gasteiger partial charge in [0.2, 0.25) is 5.91 Å². The first-order valence-electron chi connectivity index (χ1n) is 13.2. The predicted octanol–water partition coefficient (Wildman–Crippen LogP) is 5.14. The molecular formula is C29H36N4O6. The smallest absolute Gasteiger partial charge is 0.344 e. The van der Waals surface area contributed by atoms with Gasteiger partial charge in [-0.1, -0.05) is 49.4 Å². The first-order valence-corrected chi connectivity index (χ1v) is 13.2. The van der Waals surface area contributed by atoms with Gasteiger partial charge in [-0.15, -0.1) is 0 Å². The van der Waals surface area contributed by atoms with Crippen molar-refractivity contribution in [3.63, 3.8) is 0 Å². The third kappa shape index (κ3) is 7.07. The highest BCUT2D eigenvalue weighted by Crippen LogP contribution is 2.36. The molecule has 3 rings (SSSR count). The lowest BCUT2D eigenvalue weighted by Crippen LogP contribution is -2.48. The molecule has 3 amide bonds. The van der Waals surface area contributed by atoms with Crippen LogP contribution in [0.15, 0.2) is 59.6 Å². The number of urea groups is 1. The van der Waals surface area contributed by atoms with E-state index in [0.29, 0.717) is 30.7 Å². The van der Waals surface area contributed by atoms with Crippen LogP contribution in [0.25, 0.3) is 0 Å². The lowest BCUT2D eigenvalue weighted by atomic mass is 9.86. The minimum Gasteiger partial charge on any atom is -0.462 e. The highest BCUT2D eigenvalue weighted by Gasteiger charge is 2.43. The number of nitrogens with zero attached hydrogens (tertiary/aromatic N) is 4. The summed E-state index contributed by atoms with van der Waals surface area (Å²) in [6.45, 7) is 7.57. The third-order valence-electron chi connectivity index (χ3n) is 6.82. The quantitative estimate of drug-likeness (QED) is 0.223. The van der Waals surface area contributed by atoms with Gasteiger partial charge in [-0.05, 0) is 44.7 Å². The van der Waals surface area contributed by atoms with E-state index in [2.05, 4.69) is 4.99 Å². The largest absolute Gasteiger partial charge is 0.462 e. The molecule has 0 aromatic heterocycles. The molecule has 0 fully saturated rings. The zero-order valence-electron chi connectivity index (χ0n) is 23.1. The topological polar surface area (TPSA) is 122 Å². The Morgan fingerprint density at radius 3 is 2.46 bits per heavy atom. The van der Waals surface area contributed by atoms with Gasteiger partial charge in [0.1, 0.15) is 5.92 Å². The number of amides is 3. The van der Waals surface area contributed by atoms with Gasteiger partial charge >= 0.3 is 12.0 Å². The van der Waals surface area contributed by atoms with Crippen molar-refractivity contribution in [1.82, 2.24) is 9.80 Å². The van der Waals surface area contributed by atoms with Gasteiger partial charge in [0.05, 0.1) is 23.0 Å². The molecule has 1 heterocycles. The molecule has 10 heteroatoms. The number of ether oxygens (including phenoxy) is 1. The van der Waals surface area contributed by atoms with Crippen molar-refractivity contribution >= 4 is 29.3 Å². The number of carbonyl (C=O) groups excluding carboxylic acids is 3. The Kier molecular flexibility index (Phi) is 9.92. The molecule has 0 aliphatic carbocycles. The van der Waals surface area contributed by atoms with E-state index in [-0.39, 0.29) is 24.1 Å². The fourth-order valence-electron chi connectivity index (χ4n) is 4.94. The summed E-state index contributed by atoms with van der Waals surface area (Å²) in [5.74, 6) is -1.76. The number of nitro benzene ring substituents is 1. The summed E-state index contributed by atoms with van der Waals surface area (Å²) in [5, 5.41) is 11.5. The average Bonchev–Trinajstić information content (AvgIpc) is 2.90. The molecule has 0 saturated heterocycles. The standard InChI is InChI=1S/C29H36N4O6/c1-6-24(21-12-8-7-9-13-21)27(34)31(5)16-11-17-32-26(22-14-10-15-23(18-22)33(37)38)25(20(4)30-29(32)36)28(35)39-19(2)3/h7-10,12-15,18-19,24-26H,6,11,16-17H2,1-5H3. The van der Waals surface area contributed by atoms with Crippen LogP contribution in [0.4, 0.5) is 10.5 Å². The lowest BCUT2D eigenvalue weighted by molar-refractivity contribution is -0.385. The van der Waals surface area contributed by atoms with Crippen molar-refractivity contribution in [3.8, 4) is 0 Å². The molecular weight excluding hydrogens is 500 g/mol. The van der Waals surface area contributed by atoms with E-state index in [1.807, 2.05) is 37.3 Å². The maximum absolute atomic E-state index is 13.2. The van der Waals surface area contributed by atoms with Crippen LogP contribution in [0.3, 0.4) is 0 Å². The van der Waals surface area contributed by atoms with Crippen molar-refractivity contribution < 1.29 is 24.0 Å². The van der Waals surface area contributed by atoms with E-state index in [1.54, 1.807) is 38.8 Å². The Morgan fingerprint density at radius 1 is 1.15 bits per heavy atom. The Labute approximate surface area is 228 Å². The SMILES string of the molecule is CCC(C(=O)N(C)CCCN1C(=O)N=C(C)C(C(=O)OC(C)C)C1c1cccc([N+](=O)[O-])c1)c1ccccc1. The number of nitro groups is 1. The fraction of sp³-hybridized carbons (Fsp3) is 0.448. The van der Waals surface area contributed by atoms with Crippen LogP contribution in [0.2, 0.25) is 0 Å². The van der Waals surface area contributed by atoms with Crippen molar-refractivity contribution in [2.75, 3.05) is 20.1 Å². The summed E-state index contributed by atoms with van der Waals surface area (Å²) in [7, 11) is 1.73. The van der Waals surface area contributed by atoms with Gasteiger partial charge in [-0.3, -0.25) is 19.7 Å². The van der Waals surface area contributed by atoms with Crippen LogP contribution in [0, 0.1) is 16.0 Å². The number of esters is 1. The molecule has 1 aliphatic heterocycles. The van der Waals surface area contributed by atoms with Gasteiger partial charge in [0, 0.05) is 38.0 Å². The number of hydrogen-bond acceptors (Lipinski definition) is 6. The molecule has 3 unspecified atom stereocenters. The highest BCUT2D eigenvalue weighted by atomic mass is 16.6. The van der Waals surface area contributed by atoms with E-state index in [9.17, 15) is 24.5 Å². The van der Waals surface area contributed by atoms with Crippen LogP contribution in [0.5, 0.6) is 0 Å². The summed E-state index contributed by atoms with van der Waals surface area (Å²) < 4.78 is 5.48. The maximum atomic E-state index is 13.2. The molecule has 0 radical (unpaired) electrons. The number of hydrogen-bond donors (Lipinski definition) is 0. The van der Waals surface area contributed by atoms with E-state index >= 15 is 0 Å². The second-order valence-electron chi connectivity index (χ2n) is 9.97. The molecule has 0 N–H and O–H groups in total. The normalized spacial score (nSPS) is 17.9. The van der Waals surface area contributed by atoms with E-state index < -0.39 is 35.0 Å². The molecule has 0 saturated carbocycles. The van der Waals surface area contributed by atoms with Gasteiger partial charge < -0.3 is 14.5 Å². The summed E-state index contributed by atoms with van der Waals surface area (Å²) in [4.78, 5) is 57.6. The van der Waals surface area contributed by atoms with E-state index in [0.717, 1.165) is 5.56 Å². The molecule has 2 aromatic carbocycles. The number of aliphatic imine (C=N–C) groups is 1. The first kappa shape index (κ1) is 29.5. The van der Waals surface area contributed by atoms with Crippen molar-refractivity contribution in [1.29, 1.82) is 0 Å². The van der Waals surface area contributed by atoms with Crippen molar-refractivity contribution in [3.05, 3.63) is 75.8 Å². The summed E-state index contributed by atoms with van der Waals surface area (Å²) in [6.07, 6.45) is 0.684. The van der Waals surface area contributed by atoms with Gasteiger partial charge in [-0.2, -0.15) is 0 Å². The van der Waals surface area contributed by atoms with Crippen LogP contribution < -0.4 is 0 Å². The van der Waals surface area contributed by atoms with Crippen LogP contribution in [-0.4, -0.2) is 64.6 Å². The maximum Gasteiger partial charge on any atom is 0.344 e. The van der Waals surface area contributed by atoms with Crippen molar-refractivity contribution in [2.45, 2.75) is 58.6 Å².